The quantitative estimate of drug-likeness (QED) is 0.756. The molecule has 0 aliphatic carbocycles. The van der Waals surface area contributed by atoms with E-state index in [9.17, 15) is 4.79 Å². The summed E-state index contributed by atoms with van der Waals surface area (Å²) in [5.74, 6) is -0.187. The first-order valence-electron chi connectivity index (χ1n) is 5.57. The van der Waals surface area contributed by atoms with Gasteiger partial charge in [0.25, 0.3) is 5.91 Å². The van der Waals surface area contributed by atoms with Crippen molar-refractivity contribution in [3.05, 3.63) is 33.8 Å². The van der Waals surface area contributed by atoms with Gasteiger partial charge in [-0.3, -0.25) is 4.79 Å². The predicted octanol–water partition coefficient (Wildman–Crippen LogP) is 2.38. The van der Waals surface area contributed by atoms with Crippen molar-refractivity contribution in [2.75, 3.05) is 33.4 Å². The molecule has 0 fully saturated rings. The molecule has 108 valence electrons. The third-order valence-corrected chi connectivity index (χ3v) is 2.63. The average Bonchev–Trinajstić information content (AvgIpc) is 2.32. The minimum absolute atomic E-state index is 0. The van der Waals surface area contributed by atoms with Gasteiger partial charge in [-0.2, -0.15) is 0 Å². The van der Waals surface area contributed by atoms with Crippen LogP contribution in [-0.2, 0) is 4.74 Å². The van der Waals surface area contributed by atoms with E-state index < -0.39 is 0 Å². The van der Waals surface area contributed by atoms with Gasteiger partial charge in [-0.25, -0.2) is 0 Å². The Hall–Kier alpha value is -0.520. The van der Waals surface area contributed by atoms with Crippen LogP contribution in [0.1, 0.15) is 10.4 Å². The second kappa shape index (κ2) is 10.3. The number of carbonyl (C=O) groups excluding carboxylic acids is 1. The molecule has 0 saturated carbocycles. The molecule has 0 aliphatic heterocycles. The van der Waals surface area contributed by atoms with Crippen LogP contribution >= 0.6 is 35.6 Å². The van der Waals surface area contributed by atoms with Gasteiger partial charge >= 0.3 is 0 Å². The molecule has 0 spiro atoms. The van der Waals surface area contributed by atoms with Gasteiger partial charge in [0.2, 0.25) is 0 Å². The van der Waals surface area contributed by atoms with E-state index in [0.717, 1.165) is 6.54 Å². The molecular weight excluding hydrogens is 311 g/mol. The normalized spacial score (nSPS) is 9.84. The smallest absolute Gasteiger partial charge is 0.251 e. The summed E-state index contributed by atoms with van der Waals surface area (Å²) in [5, 5.41) is 6.79. The molecule has 0 heterocycles. The van der Waals surface area contributed by atoms with Gasteiger partial charge in [0, 0.05) is 42.4 Å². The number of ether oxygens (including phenoxy) is 1. The summed E-state index contributed by atoms with van der Waals surface area (Å²) >= 11 is 11.6. The monoisotopic (exact) mass is 326 g/mol. The Bertz CT molecular complexity index is 382. The number of halogens is 3. The van der Waals surface area contributed by atoms with E-state index >= 15 is 0 Å². The van der Waals surface area contributed by atoms with Crippen LogP contribution in [0.25, 0.3) is 0 Å². The van der Waals surface area contributed by atoms with E-state index in [1.165, 1.54) is 0 Å². The van der Waals surface area contributed by atoms with Crippen LogP contribution in [-0.4, -0.2) is 39.3 Å². The number of carbonyl (C=O) groups is 1. The van der Waals surface area contributed by atoms with Crippen molar-refractivity contribution in [3.8, 4) is 0 Å². The molecule has 1 aromatic rings. The summed E-state index contributed by atoms with van der Waals surface area (Å²) in [4.78, 5) is 11.8. The standard InChI is InChI=1S/C12H16Cl2N2O2.ClH/c1-18-5-4-15-2-3-16-12(17)9-6-10(13)8-11(14)7-9;/h6-8,15H,2-5H2,1H3,(H,16,17);1H. The van der Waals surface area contributed by atoms with Crippen molar-refractivity contribution in [2.24, 2.45) is 0 Å². The Morgan fingerprint density at radius 2 is 1.79 bits per heavy atom. The third-order valence-electron chi connectivity index (χ3n) is 2.20. The van der Waals surface area contributed by atoms with E-state index in [-0.39, 0.29) is 18.3 Å². The Kier molecular flexibility index (Phi) is 10.0. The van der Waals surface area contributed by atoms with E-state index in [0.29, 0.717) is 35.3 Å². The lowest BCUT2D eigenvalue weighted by Gasteiger charge is -2.07. The highest BCUT2D eigenvalue weighted by Gasteiger charge is 2.06. The summed E-state index contributed by atoms with van der Waals surface area (Å²) in [6, 6.07) is 4.76. The van der Waals surface area contributed by atoms with Crippen molar-refractivity contribution < 1.29 is 9.53 Å². The molecule has 0 atom stereocenters. The van der Waals surface area contributed by atoms with Gasteiger partial charge in [0.1, 0.15) is 0 Å². The fourth-order valence-corrected chi connectivity index (χ4v) is 1.88. The lowest BCUT2D eigenvalue weighted by molar-refractivity contribution is 0.0953. The third kappa shape index (κ3) is 7.60. The molecule has 1 rings (SSSR count). The van der Waals surface area contributed by atoms with Crippen LogP contribution in [0.15, 0.2) is 18.2 Å². The van der Waals surface area contributed by atoms with Gasteiger partial charge in [0.05, 0.1) is 6.61 Å². The molecule has 0 saturated heterocycles. The van der Waals surface area contributed by atoms with Crippen molar-refractivity contribution in [1.29, 1.82) is 0 Å². The molecule has 1 amide bonds. The van der Waals surface area contributed by atoms with Crippen molar-refractivity contribution in [1.82, 2.24) is 10.6 Å². The number of hydrogen-bond donors (Lipinski definition) is 2. The van der Waals surface area contributed by atoms with Gasteiger partial charge in [-0.15, -0.1) is 12.4 Å². The van der Waals surface area contributed by atoms with E-state index in [4.69, 9.17) is 27.9 Å². The zero-order chi connectivity index (χ0) is 13.4. The summed E-state index contributed by atoms with van der Waals surface area (Å²) < 4.78 is 4.89. The van der Waals surface area contributed by atoms with Crippen LogP contribution < -0.4 is 10.6 Å². The highest BCUT2D eigenvalue weighted by molar-refractivity contribution is 6.35. The first-order chi connectivity index (χ1) is 8.63. The molecule has 4 nitrogen and oxygen atoms in total. The van der Waals surface area contributed by atoms with Crippen molar-refractivity contribution in [3.63, 3.8) is 0 Å². The summed E-state index contributed by atoms with van der Waals surface area (Å²) in [6.45, 7) is 2.63. The maximum Gasteiger partial charge on any atom is 0.251 e. The minimum Gasteiger partial charge on any atom is -0.383 e. The van der Waals surface area contributed by atoms with Gasteiger partial charge in [0.15, 0.2) is 0 Å². The maximum absolute atomic E-state index is 11.8. The molecule has 1 aromatic carbocycles. The number of benzene rings is 1. The fraction of sp³-hybridized carbons (Fsp3) is 0.417. The number of nitrogens with one attached hydrogen (secondary N) is 2. The van der Waals surface area contributed by atoms with E-state index in [2.05, 4.69) is 10.6 Å². The van der Waals surface area contributed by atoms with E-state index in [1.54, 1.807) is 25.3 Å². The summed E-state index contributed by atoms with van der Waals surface area (Å²) in [6.07, 6.45) is 0. The summed E-state index contributed by atoms with van der Waals surface area (Å²) in [5.41, 5.74) is 0.462. The van der Waals surface area contributed by atoms with Crippen molar-refractivity contribution >= 4 is 41.5 Å². The first kappa shape index (κ1) is 18.5. The zero-order valence-electron chi connectivity index (χ0n) is 10.5. The molecule has 19 heavy (non-hydrogen) atoms. The molecule has 7 heteroatoms. The fourth-order valence-electron chi connectivity index (χ4n) is 1.35. The zero-order valence-corrected chi connectivity index (χ0v) is 12.9. The van der Waals surface area contributed by atoms with Crippen LogP contribution in [0.4, 0.5) is 0 Å². The highest BCUT2D eigenvalue weighted by Crippen LogP contribution is 2.18. The van der Waals surface area contributed by atoms with Gasteiger partial charge < -0.3 is 15.4 Å². The van der Waals surface area contributed by atoms with Crippen LogP contribution in [0.3, 0.4) is 0 Å². The molecule has 0 bridgehead atoms. The molecule has 2 N–H and O–H groups in total. The SMILES string of the molecule is COCCNCCNC(=O)c1cc(Cl)cc(Cl)c1.Cl. The highest BCUT2D eigenvalue weighted by atomic mass is 35.5. The maximum atomic E-state index is 11.8. The topological polar surface area (TPSA) is 50.4 Å². The summed E-state index contributed by atoms with van der Waals surface area (Å²) in [7, 11) is 1.65. The average molecular weight is 328 g/mol. The largest absolute Gasteiger partial charge is 0.383 e. The van der Waals surface area contributed by atoms with Crippen LogP contribution in [0.5, 0.6) is 0 Å². The second-order valence-electron chi connectivity index (χ2n) is 3.66. The van der Waals surface area contributed by atoms with Crippen LogP contribution in [0.2, 0.25) is 10.0 Å². The number of amides is 1. The predicted molar refractivity (Wildman–Crippen MR) is 80.8 cm³/mol. The molecule has 0 aromatic heterocycles. The molecule has 0 unspecified atom stereocenters. The minimum atomic E-state index is -0.187. The number of methoxy groups -OCH3 is 1. The van der Waals surface area contributed by atoms with Crippen LogP contribution in [0, 0.1) is 0 Å². The Morgan fingerprint density at radius 3 is 2.37 bits per heavy atom. The van der Waals surface area contributed by atoms with Crippen molar-refractivity contribution in [2.45, 2.75) is 0 Å². The first-order valence-corrected chi connectivity index (χ1v) is 6.33. The molecular formula is C12H17Cl3N2O2. The van der Waals surface area contributed by atoms with Gasteiger partial charge in [-0.05, 0) is 18.2 Å². The Labute approximate surface area is 129 Å². The lowest BCUT2D eigenvalue weighted by Crippen LogP contribution is -2.33. The molecule has 0 aliphatic rings. The number of hydrogen-bond acceptors (Lipinski definition) is 3. The number of rotatable bonds is 7. The van der Waals surface area contributed by atoms with E-state index in [1.807, 2.05) is 0 Å². The Morgan fingerprint density at radius 1 is 1.16 bits per heavy atom. The van der Waals surface area contributed by atoms with Gasteiger partial charge in [-0.1, -0.05) is 23.2 Å². The second-order valence-corrected chi connectivity index (χ2v) is 4.53. The lowest BCUT2D eigenvalue weighted by atomic mass is 10.2. The molecule has 0 radical (unpaired) electrons. The Balaban J connectivity index is 0.00000324.